The van der Waals surface area contributed by atoms with Crippen LogP contribution in [0.15, 0.2) is 17.5 Å². The second-order valence-corrected chi connectivity index (χ2v) is 4.80. The van der Waals surface area contributed by atoms with E-state index in [-0.39, 0.29) is 5.69 Å². The molecule has 1 heterocycles. The van der Waals surface area contributed by atoms with Gasteiger partial charge in [0.05, 0.1) is 41.5 Å². The van der Waals surface area contributed by atoms with Gasteiger partial charge in [-0.1, -0.05) is 0 Å². The highest BCUT2D eigenvalue weighted by Gasteiger charge is 2.22. The minimum atomic E-state index is -0.452. The van der Waals surface area contributed by atoms with E-state index in [9.17, 15) is 10.1 Å². The highest BCUT2D eigenvalue weighted by atomic mass is 32.1. The number of aryl methyl sites for hydroxylation is 1. The quantitative estimate of drug-likeness (QED) is 0.635. The van der Waals surface area contributed by atoms with Crippen molar-refractivity contribution in [2.45, 2.75) is 6.92 Å². The maximum absolute atomic E-state index is 11.2. The molecule has 0 fully saturated rings. The molecule has 19 heavy (non-hydrogen) atoms. The van der Waals surface area contributed by atoms with Crippen LogP contribution in [-0.4, -0.2) is 24.1 Å². The summed E-state index contributed by atoms with van der Waals surface area (Å²) in [5.41, 5.74) is 0.935. The Morgan fingerprint density at radius 2 is 1.89 bits per heavy atom. The van der Waals surface area contributed by atoms with Crippen LogP contribution in [0.4, 0.5) is 5.69 Å². The van der Waals surface area contributed by atoms with Gasteiger partial charge in [-0.05, 0) is 6.92 Å². The second-order valence-electron chi connectivity index (χ2n) is 3.73. The van der Waals surface area contributed by atoms with E-state index in [1.807, 2.05) is 6.92 Å². The number of methoxy groups -OCH3 is 2. The average Bonchev–Trinajstić information content (AvgIpc) is 2.83. The molecule has 0 aliphatic heterocycles. The molecular formula is C12H12N2O4S. The number of hydrogen-bond donors (Lipinski definition) is 0. The Balaban J connectivity index is 2.67. The molecule has 0 aliphatic carbocycles. The summed E-state index contributed by atoms with van der Waals surface area (Å²) in [5.74, 6) is 0.763. The third-order valence-electron chi connectivity index (χ3n) is 2.59. The molecular weight excluding hydrogens is 268 g/mol. The van der Waals surface area contributed by atoms with Crippen LogP contribution < -0.4 is 9.47 Å². The zero-order valence-corrected chi connectivity index (χ0v) is 11.5. The predicted molar refractivity (Wildman–Crippen MR) is 72.0 cm³/mol. The van der Waals surface area contributed by atoms with Crippen LogP contribution in [0.25, 0.3) is 11.3 Å². The molecule has 0 N–H and O–H groups in total. The van der Waals surface area contributed by atoms with Crippen molar-refractivity contribution in [3.05, 3.63) is 32.6 Å². The standard InChI is InChI=1S/C12H12N2O4S/c1-7-13-9(6-19-7)8-4-11(17-2)12(18-3)5-10(8)14(15)16/h4-6H,1-3H3. The van der Waals surface area contributed by atoms with Gasteiger partial charge in [0.1, 0.15) is 0 Å². The molecule has 1 aromatic heterocycles. The van der Waals surface area contributed by atoms with E-state index in [1.54, 1.807) is 11.4 Å². The molecule has 100 valence electrons. The Morgan fingerprint density at radius 1 is 1.26 bits per heavy atom. The number of ether oxygens (including phenoxy) is 2. The molecule has 0 atom stereocenters. The lowest BCUT2D eigenvalue weighted by Gasteiger charge is -2.09. The molecule has 6 nitrogen and oxygen atoms in total. The van der Waals surface area contributed by atoms with Crippen molar-refractivity contribution in [3.8, 4) is 22.8 Å². The molecule has 0 spiro atoms. The summed E-state index contributed by atoms with van der Waals surface area (Å²) >= 11 is 1.44. The monoisotopic (exact) mass is 280 g/mol. The minimum Gasteiger partial charge on any atom is -0.493 e. The number of nitro benzene ring substituents is 1. The van der Waals surface area contributed by atoms with Gasteiger partial charge in [-0.15, -0.1) is 11.3 Å². The molecule has 0 bridgehead atoms. The van der Waals surface area contributed by atoms with Gasteiger partial charge in [0.25, 0.3) is 5.69 Å². The van der Waals surface area contributed by atoms with Crippen LogP contribution in [0.1, 0.15) is 5.01 Å². The van der Waals surface area contributed by atoms with Crippen molar-refractivity contribution < 1.29 is 14.4 Å². The fourth-order valence-electron chi connectivity index (χ4n) is 1.71. The van der Waals surface area contributed by atoms with Gasteiger partial charge < -0.3 is 9.47 Å². The Morgan fingerprint density at radius 3 is 2.37 bits per heavy atom. The van der Waals surface area contributed by atoms with Gasteiger partial charge in [-0.25, -0.2) is 4.98 Å². The van der Waals surface area contributed by atoms with Crippen LogP contribution in [0.3, 0.4) is 0 Å². The smallest absolute Gasteiger partial charge is 0.282 e. The lowest BCUT2D eigenvalue weighted by atomic mass is 10.1. The number of aromatic nitrogens is 1. The Bertz CT molecular complexity index is 624. The summed E-state index contributed by atoms with van der Waals surface area (Å²) in [6, 6.07) is 2.92. The molecule has 0 amide bonds. The number of nitro groups is 1. The first-order valence-corrected chi connectivity index (χ1v) is 6.27. The van der Waals surface area contributed by atoms with Gasteiger partial charge >= 0.3 is 0 Å². The van der Waals surface area contributed by atoms with Crippen molar-refractivity contribution in [2.24, 2.45) is 0 Å². The zero-order valence-electron chi connectivity index (χ0n) is 10.7. The topological polar surface area (TPSA) is 74.5 Å². The van der Waals surface area contributed by atoms with Crippen molar-refractivity contribution in [1.82, 2.24) is 4.98 Å². The highest BCUT2D eigenvalue weighted by Crippen LogP contribution is 2.39. The Kier molecular flexibility index (Phi) is 3.66. The SMILES string of the molecule is COc1cc(-c2csc(C)n2)c([N+](=O)[O-])cc1OC. The lowest BCUT2D eigenvalue weighted by Crippen LogP contribution is -1.97. The molecule has 0 aliphatic rings. The van der Waals surface area contributed by atoms with Crippen molar-refractivity contribution in [1.29, 1.82) is 0 Å². The summed E-state index contributed by atoms with van der Waals surface area (Å²) in [4.78, 5) is 15.0. The second kappa shape index (κ2) is 5.23. The minimum absolute atomic E-state index is 0.0528. The van der Waals surface area contributed by atoms with Crippen LogP contribution in [-0.2, 0) is 0 Å². The summed E-state index contributed by atoms with van der Waals surface area (Å²) in [6.07, 6.45) is 0. The number of rotatable bonds is 4. The Labute approximate surface area is 113 Å². The van der Waals surface area contributed by atoms with E-state index >= 15 is 0 Å². The number of hydrogen-bond acceptors (Lipinski definition) is 6. The Hall–Kier alpha value is -2.15. The highest BCUT2D eigenvalue weighted by molar-refractivity contribution is 7.09. The fraction of sp³-hybridized carbons (Fsp3) is 0.250. The molecule has 0 radical (unpaired) electrons. The maximum atomic E-state index is 11.2. The van der Waals surface area contributed by atoms with Gasteiger partial charge in [0, 0.05) is 11.4 Å². The van der Waals surface area contributed by atoms with E-state index in [2.05, 4.69) is 4.98 Å². The van der Waals surface area contributed by atoms with Crippen molar-refractivity contribution in [2.75, 3.05) is 14.2 Å². The van der Waals surface area contributed by atoms with E-state index in [1.165, 1.54) is 31.6 Å². The van der Waals surface area contributed by atoms with Crippen molar-refractivity contribution >= 4 is 17.0 Å². The van der Waals surface area contributed by atoms with Crippen LogP contribution in [0, 0.1) is 17.0 Å². The van der Waals surface area contributed by atoms with Crippen LogP contribution >= 0.6 is 11.3 Å². The molecule has 1 aromatic carbocycles. The maximum Gasteiger partial charge on any atom is 0.282 e. The largest absolute Gasteiger partial charge is 0.493 e. The number of thiazole rings is 1. The molecule has 2 rings (SSSR count). The summed E-state index contributed by atoms with van der Waals surface area (Å²) < 4.78 is 10.2. The first kappa shape index (κ1) is 13.3. The predicted octanol–water partition coefficient (Wildman–Crippen LogP) is 3.04. The molecule has 0 saturated carbocycles. The summed E-state index contributed by atoms with van der Waals surface area (Å²) in [7, 11) is 2.92. The van der Waals surface area contributed by atoms with Gasteiger partial charge in [-0.3, -0.25) is 10.1 Å². The first-order valence-electron chi connectivity index (χ1n) is 5.39. The van der Waals surface area contributed by atoms with Crippen molar-refractivity contribution in [3.63, 3.8) is 0 Å². The van der Waals surface area contributed by atoms with E-state index < -0.39 is 4.92 Å². The van der Waals surface area contributed by atoms with Crippen LogP contribution in [0.5, 0.6) is 11.5 Å². The van der Waals surface area contributed by atoms with E-state index in [0.29, 0.717) is 22.8 Å². The number of nitrogens with zero attached hydrogens (tertiary/aromatic N) is 2. The molecule has 2 aromatic rings. The van der Waals surface area contributed by atoms with Gasteiger partial charge in [-0.2, -0.15) is 0 Å². The first-order chi connectivity index (χ1) is 9.06. The molecule has 0 saturated heterocycles. The third kappa shape index (κ3) is 2.50. The number of benzene rings is 1. The van der Waals surface area contributed by atoms with Crippen LogP contribution in [0.2, 0.25) is 0 Å². The van der Waals surface area contributed by atoms with Gasteiger partial charge in [0.15, 0.2) is 11.5 Å². The van der Waals surface area contributed by atoms with E-state index in [0.717, 1.165) is 5.01 Å². The van der Waals surface area contributed by atoms with Gasteiger partial charge in [0.2, 0.25) is 0 Å². The average molecular weight is 280 g/mol. The molecule has 0 unspecified atom stereocenters. The fourth-order valence-corrected chi connectivity index (χ4v) is 2.32. The third-order valence-corrected chi connectivity index (χ3v) is 3.37. The zero-order chi connectivity index (χ0) is 14.0. The molecule has 7 heteroatoms. The normalized spacial score (nSPS) is 10.3. The van der Waals surface area contributed by atoms with E-state index in [4.69, 9.17) is 9.47 Å². The summed E-state index contributed by atoms with van der Waals surface area (Å²) in [6.45, 7) is 1.85. The lowest BCUT2D eigenvalue weighted by molar-refractivity contribution is -0.384. The summed E-state index contributed by atoms with van der Waals surface area (Å²) in [5, 5.41) is 13.8.